The van der Waals surface area contributed by atoms with Gasteiger partial charge in [0.05, 0.1) is 7.11 Å². The summed E-state index contributed by atoms with van der Waals surface area (Å²) in [6.45, 7) is 0.771. The first-order valence-corrected chi connectivity index (χ1v) is 6.06. The number of benzene rings is 1. The molecule has 96 valence electrons. The normalized spacial score (nSPS) is 10.6. The van der Waals surface area contributed by atoms with Crippen molar-refractivity contribution in [2.75, 3.05) is 19.0 Å². The summed E-state index contributed by atoms with van der Waals surface area (Å²) < 4.78 is 6.69. The lowest BCUT2D eigenvalue weighted by atomic mass is 10.2. The Kier molecular flexibility index (Phi) is 3.87. The van der Waals surface area contributed by atoms with Crippen LogP contribution in [0.3, 0.4) is 0 Å². The molecule has 0 bridgehead atoms. The van der Waals surface area contributed by atoms with E-state index in [2.05, 4.69) is 38.9 Å². The van der Waals surface area contributed by atoms with Crippen molar-refractivity contribution in [1.82, 2.24) is 4.57 Å². The quantitative estimate of drug-likeness (QED) is 0.651. The van der Waals surface area contributed by atoms with Gasteiger partial charge in [-0.05, 0) is 30.7 Å². The summed E-state index contributed by atoms with van der Waals surface area (Å²) in [7, 11) is 3.45. The van der Waals surface area contributed by atoms with Gasteiger partial charge in [0.15, 0.2) is 0 Å². The van der Waals surface area contributed by atoms with Crippen LogP contribution in [0.5, 0.6) is 0 Å². The van der Waals surface area contributed by atoms with Crippen LogP contribution in [0, 0.1) is 0 Å². The summed E-state index contributed by atoms with van der Waals surface area (Å²) in [6, 6.07) is 8.36. The number of methoxy groups -OCH3 is 1. The fourth-order valence-electron chi connectivity index (χ4n) is 1.96. The molecule has 0 aliphatic carbocycles. The Labute approximate surface area is 107 Å². The minimum absolute atomic E-state index is 0.157. The molecule has 4 heteroatoms. The van der Waals surface area contributed by atoms with Crippen molar-refractivity contribution in [3.05, 3.63) is 30.5 Å². The molecule has 0 aliphatic rings. The molecule has 0 unspecified atom stereocenters. The number of rotatable bonds is 5. The molecule has 0 amide bonds. The summed E-state index contributed by atoms with van der Waals surface area (Å²) in [5.74, 6) is -0.157. The van der Waals surface area contributed by atoms with Gasteiger partial charge in [-0.1, -0.05) is 0 Å². The van der Waals surface area contributed by atoms with Gasteiger partial charge in [-0.2, -0.15) is 0 Å². The molecule has 0 saturated heterocycles. The van der Waals surface area contributed by atoms with E-state index in [1.807, 2.05) is 13.2 Å². The third-order valence-corrected chi connectivity index (χ3v) is 3.00. The summed E-state index contributed by atoms with van der Waals surface area (Å²) >= 11 is 0. The van der Waals surface area contributed by atoms with Crippen molar-refractivity contribution in [2.45, 2.75) is 12.8 Å². The summed E-state index contributed by atoms with van der Waals surface area (Å²) in [4.78, 5) is 10.9. The standard InChI is InChI=1S/C14H18N2O2/c1-16-9-7-11-10-12(5-6-13(11)16)15-8-3-4-14(17)18-2/h5-7,9-10,15H,3-4,8H2,1-2H3. The van der Waals surface area contributed by atoms with Gasteiger partial charge in [-0.25, -0.2) is 0 Å². The maximum Gasteiger partial charge on any atom is 0.305 e. The summed E-state index contributed by atoms with van der Waals surface area (Å²) in [5, 5.41) is 4.53. The minimum atomic E-state index is -0.157. The van der Waals surface area contributed by atoms with Crippen LogP contribution in [0.15, 0.2) is 30.5 Å². The number of nitrogens with zero attached hydrogens (tertiary/aromatic N) is 1. The highest BCUT2D eigenvalue weighted by molar-refractivity contribution is 5.83. The molecule has 18 heavy (non-hydrogen) atoms. The van der Waals surface area contributed by atoms with E-state index in [1.165, 1.54) is 18.0 Å². The van der Waals surface area contributed by atoms with Crippen LogP contribution in [-0.2, 0) is 16.6 Å². The summed E-state index contributed by atoms with van der Waals surface area (Å²) in [5.41, 5.74) is 2.30. The maximum atomic E-state index is 10.9. The first-order valence-electron chi connectivity index (χ1n) is 6.06. The molecule has 0 saturated carbocycles. The Morgan fingerprint density at radius 2 is 2.22 bits per heavy atom. The number of nitrogens with one attached hydrogen (secondary N) is 1. The van der Waals surface area contributed by atoms with Gasteiger partial charge >= 0.3 is 5.97 Å². The average molecular weight is 246 g/mol. The van der Waals surface area contributed by atoms with Crippen molar-refractivity contribution >= 4 is 22.6 Å². The van der Waals surface area contributed by atoms with E-state index >= 15 is 0 Å². The molecular weight excluding hydrogens is 228 g/mol. The first-order chi connectivity index (χ1) is 8.70. The second-order valence-electron chi connectivity index (χ2n) is 4.31. The zero-order valence-corrected chi connectivity index (χ0v) is 10.8. The number of aromatic nitrogens is 1. The van der Waals surface area contributed by atoms with Gasteiger partial charge in [0.1, 0.15) is 0 Å². The number of ether oxygens (including phenoxy) is 1. The fraction of sp³-hybridized carbons (Fsp3) is 0.357. The molecule has 4 nitrogen and oxygen atoms in total. The topological polar surface area (TPSA) is 43.3 Å². The van der Waals surface area contributed by atoms with Crippen LogP contribution in [0.25, 0.3) is 10.9 Å². The molecule has 0 radical (unpaired) electrons. The molecule has 1 aromatic heterocycles. The monoisotopic (exact) mass is 246 g/mol. The largest absolute Gasteiger partial charge is 0.469 e. The predicted octanol–water partition coefficient (Wildman–Crippen LogP) is 2.54. The number of carbonyl (C=O) groups is 1. The van der Waals surface area contributed by atoms with Crippen LogP contribution in [0.4, 0.5) is 5.69 Å². The van der Waals surface area contributed by atoms with Crippen molar-refractivity contribution in [3.8, 4) is 0 Å². The van der Waals surface area contributed by atoms with Crippen LogP contribution >= 0.6 is 0 Å². The number of carbonyl (C=O) groups excluding carboxylic acids is 1. The Morgan fingerprint density at radius 1 is 1.39 bits per heavy atom. The highest BCUT2D eigenvalue weighted by atomic mass is 16.5. The first kappa shape index (κ1) is 12.5. The van der Waals surface area contributed by atoms with Crippen molar-refractivity contribution in [1.29, 1.82) is 0 Å². The lowest BCUT2D eigenvalue weighted by molar-refractivity contribution is -0.140. The van der Waals surface area contributed by atoms with Crippen LogP contribution in [0.1, 0.15) is 12.8 Å². The SMILES string of the molecule is COC(=O)CCCNc1ccc2c(ccn2C)c1. The van der Waals surface area contributed by atoms with Gasteiger partial charge in [0, 0.05) is 42.8 Å². The third-order valence-electron chi connectivity index (χ3n) is 3.00. The highest BCUT2D eigenvalue weighted by Crippen LogP contribution is 2.19. The average Bonchev–Trinajstić information content (AvgIpc) is 2.76. The number of anilines is 1. The van der Waals surface area contributed by atoms with E-state index in [0.29, 0.717) is 6.42 Å². The van der Waals surface area contributed by atoms with Crippen molar-refractivity contribution < 1.29 is 9.53 Å². The van der Waals surface area contributed by atoms with E-state index in [-0.39, 0.29) is 5.97 Å². The zero-order valence-electron chi connectivity index (χ0n) is 10.8. The number of hydrogen-bond acceptors (Lipinski definition) is 3. The van der Waals surface area contributed by atoms with Crippen LogP contribution < -0.4 is 5.32 Å². The zero-order chi connectivity index (χ0) is 13.0. The Balaban J connectivity index is 1.90. The molecule has 1 N–H and O–H groups in total. The highest BCUT2D eigenvalue weighted by Gasteiger charge is 2.01. The number of hydrogen-bond donors (Lipinski definition) is 1. The lowest BCUT2D eigenvalue weighted by Crippen LogP contribution is -2.06. The van der Waals surface area contributed by atoms with Gasteiger partial charge in [0.2, 0.25) is 0 Å². The van der Waals surface area contributed by atoms with Gasteiger partial charge in [0.25, 0.3) is 0 Å². The van der Waals surface area contributed by atoms with E-state index in [1.54, 1.807) is 0 Å². The van der Waals surface area contributed by atoms with E-state index < -0.39 is 0 Å². The molecule has 0 spiro atoms. The number of aryl methyl sites for hydroxylation is 1. The molecule has 2 aromatic rings. The molecule has 0 aliphatic heterocycles. The second kappa shape index (κ2) is 5.58. The second-order valence-corrected chi connectivity index (χ2v) is 4.31. The molecule has 1 aromatic carbocycles. The predicted molar refractivity (Wildman–Crippen MR) is 72.7 cm³/mol. The summed E-state index contributed by atoms with van der Waals surface area (Å²) in [6.07, 6.45) is 3.28. The fourth-order valence-corrected chi connectivity index (χ4v) is 1.96. The van der Waals surface area contributed by atoms with E-state index in [4.69, 9.17) is 0 Å². The smallest absolute Gasteiger partial charge is 0.305 e. The van der Waals surface area contributed by atoms with Crippen molar-refractivity contribution in [3.63, 3.8) is 0 Å². The molecule has 1 heterocycles. The van der Waals surface area contributed by atoms with Crippen LogP contribution in [-0.4, -0.2) is 24.2 Å². The minimum Gasteiger partial charge on any atom is -0.469 e. The lowest BCUT2D eigenvalue weighted by Gasteiger charge is -2.06. The molecule has 0 fully saturated rings. The van der Waals surface area contributed by atoms with Crippen molar-refractivity contribution in [2.24, 2.45) is 7.05 Å². The molecule has 0 atom stereocenters. The molecule has 2 rings (SSSR count). The van der Waals surface area contributed by atoms with E-state index in [0.717, 1.165) is 18.7 Å². The number of esters is 1. The Morgan fingerprint density at radius 3 is 3.00 bits per heavy atom. The third kappa shape index (κ3) is 2.83. The Hall–Kier alpha value is -1.97. The molecular formula is C14H18N2O2. The van der Waals surface area contributed by atoms with Gasteiger partial charge < -0.3 is 14.6 Å². The Bertz CT molecular complexity index is 546. The number of fused-ring (bicyclic) bond motifs is 1. The van der Waals surface area contributed by atoms with Gasteiger partial charge in [-0.15, -0.1) is 0 Å². The van der Waals surface area contributed by atoms with E-state index in [9.17, 15) is 4.79 Å². The maximum absolute atomic E-state index is 10.9. The van der Waals surface area contributed by atoms with Gasteiger partial charge in [-0.3, -0.25) is 4.79 Å². The van der Waals surface area contributed by atoms with Crippen LogP contribution in [0.2, 0.25) is 0 Å².